The maximum absolute atomic E-state index is 11.1. The number of nitrogens with zero attached hydrogens (tertiary/aromatic N) is 2. The summed E-state index contributed by atoms with van der Waals surface area (Å²) in [5, 5.41) is 23.8. The molecule has 2 aromatic carbocycles. The third-order valence-electron chi connectivity index (χ3n) is 2.05. The zero-order valence-corrected chi connectivity index (χ0v) is 7.29. The molecule has 1 N–H and O–H groups in total. The van der Waals surface area contributed by atoms with Crippen molar-refractivity contribution in [3.8, 4) is 0 Å². The molecule has 0 saturated heterocycles. The molecule has 2 aromatic rings. The molecule has 0 unspecified atom stereocenters. The molecular formula is C10H8N2O2. The van der Waals surface area contributed by atoms with Gasteiger partial charge in [0.25, 0.3) is 5.69 Å². The van der Waals surface area contributed by atoms with Gasteiger partial charge in [-0.1, -0.05) is 30.3 Å². The summed E-state index contributed by atoms with van der Waals surface area (Å²) in [5.74, 6) is 0. The third kappa shape index (κ3) is 1.26. The van der Waals surface area contributed by atoms with Gasteiger partial charge in [0.15, 0.2) is 0 Å². The lowest BCUT2D eigenvalue weighted by atomic mass is 10.1. The lowest BCUT2D eigenvalue weighted by Gasteiger charge is -2.01. The van der Waals surface area contributed by atoms with Crippen LogP contribution in [-0.4, -0.2) is 10.1 Å². The molecule has 0 aliphatic rings. The van der Waals surface area contributed by atoms with Crippen LogP contribution in [0, 0.1) is 5.21 Å². The summed E-state index contributed by atoms with van der Waals surface area (Å²) < 4.78 is 0. The van der Waals surface area contributed by atoms with Crippen LogP contribution in [0.3, 0.4) is 0 Å². The van der Waals surface area contributed by atoms with Crippen LogP contribution in [0.5, 0.6) is 0 Å². The number of hydrogen-bond acceptors (Lipinski definition) is 2. The van der Waals surface area contributed by atoms with Gasteiger partial charge in [-0.15, -0.1) is 0 Å². The summed E-state index contributed by atoms with van der Waals surface area (Å²) in [6, 6.07) is 12.7. The zero-order valence-electron chi connectivity index (χ0n) is 7.29. The van der Waals surface area contributed by atoms with E-state index in [0.717, 1.165) is 10.8 Å². The van der Waals surface area contributed by atoms with Gasteiger partial charge in [-0.25, -0.2) is 0 Å². The van der Waals surface area contributed by atoms with Gasteiger partial charge >= 0.3 is 0 Å². The van der Waals surface area contributed by atoms with Gasteiger partial charge in [-0.05, 0) is 16.3 Å². The molecule has 2 rings (SSSR count). The molecule has 0 saturated carbocycles. The smallest absolute Gasteiger partial charge is 0.256 e. The second-order valence-electron chi connectivity index (χ2n) is 2.86. The summed E-state index contributed by atoms with van der Waals surface area (Å²) in [6.45, 7) is 0. The average Bonchev–Trinajstić information content (AvgIpc) is 2.27. The average molecular weight is 188 g/mol. The van der Waals surface area contributed by atoms with Crippen molar-refractivity contribution in [2.45, 2.75) is 0 Å². The minimum Gasteiger partial charge on any atom is -0.592 e. The van der Waals surface area contributed by atoms with Gasteiger partial charge in [-0.2, -0.15) is 0 Å². The molecule has 4 heteroatoms. The molecule has 70 valence electrons. The van der Waals surface area contributed by atoms with E-state index in [1.54, 1.807) is 18.2 Å². The van der Waals surface area contributed by atoms with E-state index in [-0.39, 0.29) is 4.86 Å². The molecule has 14 heavy (non-hydrogen) atoms. The highest BCUT2D eigenvalue weighted by molar-refractivity contribution is 5.90. The maximum atomic E-state index is 11.1. The Kier molecular flexibility index (Phi) is 2.02. The minimum absolute atomic E-state index is 0.197. The van der Waals surface area contributed by atoms with E-state index in [0.29, 0.717) is 5.69 Å². The Bertz CT molecular complexity index is 489. The van der Waals surface area contributed by atoms with Crippen molar-refractivity contribution in [2.75, 3.05) is 0 Å². The Hall–Kier alpha value is -2.10. The Morgan fingerprint density at radius 1 is 1.07 bits per heavy atom. The predicted octanol–water partition coefficient (Wildman–Crippen LogP) is 2.82. The largest absolute Gasteiger partial charge is 0.592 e. The third-order valence-corrected chi connectivity index (χ3v) is 2.05. The first kappa shape index (κ1) is 8.50. The molecular weight excluding hydrogens is 180 g/mol. The fourth-order valence-corrected chi connectivity index (χ4v) is 1.42. The van der Waals surface area contributed by atoms with Crippen LogP contribution < -0.4 is 0 Å². The van der Waals surface area contributed by atoms with E-state index in [9.17, 15) is 5.21 Å². The van der Waals surface area contributed by atoms with Crippen LogP contribution in [0.25, 0.3) is 10.8 Å². The number of benzene rings is 2. The molecule has 0 fully saturated rings. The number of hydrogen-bond donors (Lipinski definition) is 1. The summed E-state index contributed by atoms with van der Waals surface area (Å²) >= 11 is 0. The van der Waals surface area contributed by atoms with Gasteiger partial charge in [0.2, 0.25) is 5.28 Å². The quantitative estimate of drug-likeness (QED) is 0.425. The van der Waals surface area contributed by atoms with Crippen molar-refractivity contribution in [1.29, 1.82) is 0 Å². The van der Waals surface area contributed by atoms with Crippen molar-refractivity contribution in [3.63, 3.8) is 0 Å². The van der Waals surface area contributed by atoms with Crippen molar-refractivity contribution < 1.29 is 10.1 Å². The standard InChI is InChI=1S/C10H8N2O2/c13-11-12(14)10-7-3-5-8-4-1-2-6-9(8)10/h1-7,13H/b12-11-. The van der Waals surface area contributed by atoms with E-state index in [1.165, 1.54) is 0 Å². The van der Waals surface area contributed by atoms with Crippen LogP contribution in [0.15, 0.2) is 47.7 Å². The van der Waals surface area contributed by atoms with Gasteiger partial charge in [0.1, 0.15) is 0 Å². The Morgan fingerprint density at radius 2 is 1.79 bits per heavy atom. The van der Waals surface area contributed by atoms with Crippen LogP contribution in [-0.2, 0) is 0 Å². The first-order valence-electron chi connectivity index (χ1n) is 4.13. The van der Waals surface area contributed by atoms with Gasteiger partial charge in [0, 0.05) is 6.07 Å². The summed E-state index contributed by atoms with van der Waals surface area (Å²) in [5.41, 5.74) is 0.339. The Labute approximate surface area is 80.3 Å². The second-order valence-corrected chi connectivity index (χ2v) is 2.86. The monoisotopic (exact) mass is 188 g/mol. The highest BCUT2D eigenvalue weighted by atomic mass is 16.6. The molecule has 4 nitrogen and oxygen atoms in total. The van der Waals surface area contributed by atoms with Crippen molar-refractivity contribution in [3.05, 3.63) is 47.7 Å². The molecule has 0 radical (unpaired) electrons. The molecule has 0 heterocycles. The van der Waals surface area contributed by atoms with Crippen LogP contribution >= 0.6 is 0 Å². The Balaban J connectivity index is 2.77. The van der Waals surface area contributed by atoms with E-state index in [1.807, 2.05) is 24.3 Å². The first-order chi connectivity index (χ1) is 6.83. The van der Waals surface area contributed by atoms with Crippen molar-refractivity contribution in [2.24, 2.45) is 5.28 Å². The van der Waals surface area contributed by atoms with Crippen molar-refractivity contribution in [1.82, 2.24) is 0 Å². The lowest BCUT2D eigenvalue weighted by Crippen LogP contribution is -1.91. The molecule has 0 spiro atoms. The first-order valence-corrected chi connectivity index (χ1v) is 4.13. The fraction of sp³-hybridized carbons (Fsp3) is 0. The van der Waals surface area contributed by atoms with E-state index in [2.05, 4.69) is 5.28 Å². The molecule has 0 bridgehead atoms. The molecule has 0 aliphatic carbocycles. The van der Waals surface area contributed by atoms with Gasteiger partial charge < -0.3 is 10.4 Å². The molecule has 0 atom stereocenters. The zero-order chi connectivity index (χ0) is 9.97. The summed E-state index contributed by atoms with van der Waals surface area (Å²) in [4.78, 5) is 0.197. The van der Waals surface area contributed by atoms with Crippen molar-refractivity contribution >= 4 is 16.5 Å². The van der Waals surface area contributed by atoms with Crippen LogP contribution in [0.1, 0.15) is 0 Å². The van der Waals surface area contributed by atoms with Gasteiger partial charge in [-0.3, -0.25) is 0 Å². The normalized spacial score (nSPS) is 11.9. The molecule has 0 aliphatic heterocycles. The van der Waals surface area contributed by atoms with Crippen LogP contribution in [0.2, 0.25) is 0 Å². The van der Waals surface area contributed by atoms with Gasteiger partial charge in [0.05, 0.1) is 5.39 Å². The number of rotatable bonds is 1. The molecule has 0 amide bonds. The second kappa shape index (κ2) is 3.33. The van der Waals surface area contributed by atoms with E-state index >= 15 is 0 Å². The SMILES string of the molecule is [O-]/[N+](=N\O)c1cccc2ccccc12. The topological polar surface area (TPSA) is 58.7 Å². The Morgan fingerprint density at radius 3 is 2.57 bits per heavy atom. The maximum Gasteiger partial charge on any atom is 0.256 e. The summed E-state index contributed by atoms with van der Waals surface area (Å²) in [7, 11) is 0. The highest BCUT2D eigenvalue weighted by Crippen LogP contribution is 2.24. The van der Waals surface area contributed by atoms with E-state index < -0.39 is 0 Å². The highest BCUT2D eigenvalue weighted by Gasteiger charge is 2.08. The molecule has 0 aromatic heterocycles. The fourth-order valence-electron chi connectivity index (χ4n) is 1.42. The predicted molar refractivity (Wildman–Crippen MR) is 51.4 cm³/mol. The van der Waals surface area contributed by atoms with Crippen LogP contribution in [0.4, 0.5) is 5.69 Å². The van der Waals surface area contributed by atoms with E-state index in [4.69, 9.17) is 5.21 Å². The minimum atomic E-state index is 0.197. The summed E-state index contributed by atoms with van der Waals surface area (Å²) in [6.07, 6.45) is 0. The number of fused-ring (bicyclic) bond motifs is 1. The lowest BCUT2D eigenvalue weighted by molar-refractivity contribution is -0.472.